The molecule has 2 heterocycles. The zero-order chi connectivity index (χ0) is 25.5. The van der Waals surface area contributed by atoms with E-state index in [9.17, 15) is 10.0 Å². The molecule has 0 fully saturated rings. The molecule has 0 saturated carbocycles. The molecule has 4 rings (SSSR count). The summed E-state index contributed by atoms with van der Waals surface area (Å²) in [6.45, 7) is 3.82. The van der Waals surface area contributed by atoms with Gasteiger partial charge in [-0.2, -0.15) is 9.71 Å². The zero-order valence-electron chi connectivity index (χ0n) is 20.8. The van der Waals surface area contributed by atoms with Crippen molar-refractivity contribution in [3.8, 4) is 11.5 Å². The average Bonchev–Trinajstić information content (AvgIpc) is 2.91. The molecule has 0 atom stereocenters. The van der Waals surface area contributed by atoms with Gasteiger partial charge in [-0.3, -0.25) is 4.79 Å². The summed E-state index contributed by atoms with van der Waals surface area (Å²) in [4.78, 5) is 24.3. The predicted octanol–water partition coefficient (Wildman–Crippen LogP) is 4.46. The molecule has 188 valence electrons. The van der Waals surface area contributed by atoms with E-state index in [1.165, 1.54) is 6.20 Å². The topological polar surface area (TPSA) is 102 Å². The van der Waals surface area contributed by atoms with Crippen LogP contribution in [0.3, 0.4) is 0 Å². The minimum Gasteiger partial charge on any atom is -0.497 e. The number of pyridine rings is 1. The Bertz CT molecular complexity index is 1300. The molecule has 0 radical (unpaired) electrons. The summed E-state index contributed by atoms with van der Waals surface area (Å²) in [6.07, 6.45) is 3.21. The summed E-state index contributed by atoms with van der Waals surface area (Å²) >= 11 is 0. The maximum atomic E-state index is 12.7. The van der Waals surface area contributed by atoms with Gasteiger partial charge in [0, 0.05) is 25.8 Å². The van der Waals surface area contributed by atoms with Crippen molar-refractivity contribution in [2.75, 3.05) is 31.0 Å². The largest absolute Gasteiger partial charge is 0.497 e. The molecule has 0 bridgehead atoms. The van der Waals surface area contributed by atoms with E-state index in [0.29, 0.717) is 41.6 Å². The number of hydrogen-bond acceptors (Lipinski definition) is 8. The van der Waals surface area contributed by atoms with Crippen LogP contribution in [0.4, 0.5) is 11.8 Å². The molecule has 2 aromatic carbocycles. The van der Waals surface area contributed by atoms with Gasteiger partial charge in [-0.05, 0) is 47.9 Å². The van der Waals surface area contributed by atoms with E-state index in [4.69, 9.17) is 19.4 Å². The number of rotatable bonds is 11. The molecule has 0 amide bonds. The van der Waals surface area contributed by atoms with E-state index in [2.05, 4.69) is 17.1 Å². The zero-order valence-corrected chi connectivity index (χ0v) is 20.8. The maximum absolute atomic E-state index is 12.7. The van der Waals surface area contributed by atoms with Crippen molar-refractivity contribution >= 4 is 22.7 Å². The van der Waals surface area contributed by atoms with Gasteiger partial charge in [0.05, 0.1) is 19.7 Å². The molecule has 4 aromatic rings. The van der Waals surface area contributed by atoms with Gasteiger partial charge in [-0.15, -0.1) is 0 Å². The van der Waals surface area contributed by atoms with Gasteiger partial charge in [-0.25, -0.2) is 4.98 Å². The van der Waals surface area contributed by atoms with Gasteiger partial charge < -0.3 is 24.9 Å². The van der Waals surface area contributed by atoms with Gasteiger partial charge in [0.15, 0.2) is 0 Å². The van der Waals surface area contributed by atoms with Crippen LogP contribution < -0.4 is 25.2 Å². The van der Waals surface area contributed by atoms with E-state index in [-0.39, 0.29) is 5.39 Å². The highest BCUT2D eigenvalue weighted by Gasteiger charge is 2.18. The van der Waals surface area contributed by atoms with Crippen LogP contribution in [0.1, 0.15) is 30.9 Å². The second-order valence-corrected chi connectivity index (χ2v) is 8.43. The van der Waals surface area contributed by atoms with Crippen molar-refractivity contribution in [3.05, 3.63) is 82.3 Å². The van der Waals surface area contributed by atoms with E-state index in [0.717, 1.165) is 35.5 Å². The predicted molar refractivity (Wildman–Crippen MR) is 140 cm³/mol. The van der Waals surface area contributed by atoms with Gasteiger partial charge in [0.1, 0.15) is 22.7 Å². The first-order valence-electron chi connectivity index (χ1n) is 11.9. The van der Waals surface area contributed by atoms with Gasteiger partial charge in [0.2, 0.25) is 5.95 Å². The molecular formula is C27H31N5O4. The minimum atomic E-state index is -0.560. The number of hydrogen-bond donors (Lipinski definition) is 2. The molecular weight excluding hydrogens is 458 g/mol. The Hall–Kier alpha value is -4.27. The fourth-order valence-corrected chi connectivity index (χ4v) is 3.87. The van der Waals surface area contributed by atoms with Gasteiger partial charge >= 0.3 is 0 Å². The van der Waals surface area contributed by atoms with E-state index in [1.54, 1.807) is 20.3 Å². The van der Waals surface area contributed by atoms with Crippen LogP contribution in [-0.2, 0) is 13.1 Å². The van der Waals surface area contributed by atoms with Crippen molar-refractivity contribution in [1.29, 1.82) is 0 Å². The number of nitrogens with zero attached hydrogens (tertiary/aromatic N) is 4. The fraction of sp³-hybridized carbons (Fsp3) is 0.296. The Balaban J connectivity index is 1.77. The molecule has 0 aliphatic rings. The highest BCUT2D eigenvalue weighted by Crippen LogP contribution is 2.25. The Morgan fingerprint density at radius 3 is 2.03 bits per heavy atom. The number of benzene rings is 2. The van der Waals surface area contributed by atoms with Gasteiger partial charge in [-0.1, -0.05) is 37.6 Å². The molecule has 2 aromatic heterocycles. The van der Waals surface area contributed by atoms with Crippen LogP contribution in [0, 0.1) is 0 Å². The molecule has 0 aliphatic heterocycles. The molecule has 0 saturated heterocycles. The number of unbranched alkanes of at least 4 members (excludes halogenated alkanes) is 1. The van der Waals surface area contributed by atoms with Crippen molar-refractivity contribution in [2.24, 2.45) is 0 Å². The average molecular weight is 490 g/mol. The third-order valence-electron chi connectivity index (χ3n) is 5.89. The minimum absolute atomic E-state index is 0.258. The molecule has 0 spiro atoms. The lowest BCUT2D eigenvalue weighted by Gasteiger charge is -2.24. The lowest BCUT2D eigenvalue weighted by molar-refractivity contribution is 0.176. The molecule has 0 aliphatic carbocycles. The summed E-state index contributed by atoms with van der Waals surface area (Å²) in [6, 6.07) is 17.3. The second kappa shape index (κ2) is 11.4. The Morgan fingerprint density at radius 2 is 1.50 bits per heavy atom. The first kappa shape index (κ1) is 24.8. The monoisotopic (exact) mass is 489 g/mol. The van der Waals surface area contributed by atoms with Crippen LogP contribution in [0.2, 0.25) is 0 Å². The van der Waals surface area contributed by atoms with Crippen LogP contribution in [0.25, 0.3) is 10.9 Å². The number of ether oxygens (including phenoxy) is 2. The number of fused-ring (bicyclic) bond motifs is 1. The highest BCUT2D eigenvalue weighted by molar-refractivity contribution is 5.89. The Labute approximate surface area is 209 Å². The van der Waals surface area contributed by atoms with E-state index < -0.39 is 5.56 Å². The lowest BCUT2D eigenvalue weighted by atomic mass is 10.1. The third-order valence-corrected chi connectivity index (χ3v) is 5.89. The van der Waals surface area contributed by atoms with Crippen LogP contribution in [-0.4, -0.2) is 40.7 Å². The summed E-state index contributed by atoms with van der Waals surface area (Å²) in [5, 5.41) is 13.5. The van der Waals surface area contributed by atoms with Crippen molar-refractivity contribution in [3.63, 3.8) is 0 Å². The number of aromatic nitrogens is 3. The maximum Gasteiger partial charge on any atom is 0.296 e. The Kier molecular flexibility index (Phi) is 7.89. The number of anilines is 2. The molecule has 2 N–H and O–H groups in total. The third kappa shape index (κ3) is 5.68. The molecule has 9 nitrogen and oxygen atoms in total. The second-order valence-electron chi connectivity index (χ2n) is 8.43. The first-order chi connectivity index (χ1) is 17.5. The van der Waals surface area contributed by atoms with Crippen LogP contribution in [0.5, 0.6) is 11.5 Å². The normalized spacial score (nSPS) is 10.9. The van der Waals surface area contributed by atoms with Gasteiger partial charge in [0.25, 0.3) is 5.56 Å². The lowest BCUT2D eigenvalue weighted by Crippen LogP contribution is -2.26. The smallest absolute Gasteiger partial charge is 0.296 e. The highest BCUT2D eigenvalue weighted by atomic mass is 16.5. The number of methoxy groups -OCH3 is 2. The van der Waals surface area contributed by atoms with E-state index in [1.807, 2.05) is 48.5 Å². The summed E-state index contributed by atoms with van der Waals surface area (Å²) in [5.74, 6) is 2.45. The van der Waals surface area contributed by atoms with Crippen LogP contribution >= 0.6 is 0 Å². The molecule has 9 heteroatoms. The molecule has 36 heavy (non-hydrogen) atoms. The quantitative estimate of drug-likeness (QED) is 0.235. The summed E-state index contributed by atoms with van der Waals surface area (Å²) < 4.78 is 11.2. The Morgan fingerprint density at radius 1 is 0.917 bits per heavy atom. The van der Waals surface area contributed by atoms with Crippen molar-refractivity contribution < 1.29 is 14.7 Å². The van der Waals surface area contributed by atoms with Crippen molar-refractivity contribution in [2.45, 2.75) is 32.9 Å². The first-order valence-corrected chi connectivity index (χ1v) is 11.9. The fourth-order valence-electron chi connectivity index (χ4n) is 3.87. The van der Waals surface area contributed by atoms with E-state index >= 15 is 0 Å². The summed E-state index contributed by atoms with van der Waals surface area (Å²) in [7, 11) is 3.28. The van der Waals surface area contributed by atoms with Crippen molar-refractivity contribution in [1.82, 2.24) is 14.7 Å². The molecule has 0 unspecified atom stereocenters. The summed E-state index contributed by atoms with van der Waals surface area (Å²) in [5.41, 5.74) is 2.01. The van der Waals surface area contributed by atoms with Crippen LogP contribution in [0.15, 0.2) is 65.6 Å². The standard InChI is InChI=1S/C27H31N5O4/c1-4-5-15-28-25-24-23(14-16-32(34)26(24)33)29-27(30-25)31(17-19-6-10-21(35-2)11-7-19)18-20-8-12-22(36-3)13-9-20/h6-14,16,34H,4-5,15,17-18H2,1-3H3,(H,28,29,30). The number of nitrogens with one attached hydrogen (secondary N) is 1. The SMILES string of the molecule is CCCCNc1nc(N(Cc2ccc(OC)cc2)Cc2ccc(OC)cc2)nc2ccn(O)c(=O)c12.